The fraction of sp³-hybridized carbons (Fsp3) is 0.750. The van der Waals surface area contributed by atoms with E-state index in [1.165, 1.54) is 4.90 Å². The number of fused-ring (bicyclic) bond motifs is 1. The van der Waals surface area contributed by atoms with E-state index in [1.807, 2.05) is 0 Å². The van der Waals surface area contributed by atoms with Crippen molar-refractivity contribution in [2.75, 3.05) is 20.2 Å². The minimum Gasteiger partial charge on any atom is -0.465 e. The molecule has 1 N–H and O–H groups in total. The molecule has 1 aliphatic heterocycles. The van der Waals surface area contributed by atoms with Gasteiger partial charge in [-0.2, -0.15) is 0 Å². The summed E-state index contributed by atoms with van der Waals surface area (Å²) in [5, 5.41) is 2.84. The van der Waals surface area contributed by atoms with Crippen LogP contribution in [0.25, 0.3) is 0 Å². The molecule has 6 heteroatoms. The molecule has 2 amide bonds. The summed E-state index contributed by atoms with van der Waals surface area (Å²) < 4.78 is 4.97. The van der Waals surface area contributed by atoms with Crippen molar-refractivity contribution in [3.05, 3.63) is 0 Å². The number of hydrogen-bond acceptors (Lipinski definition) is 5. The summed E-state index contributed by atoms with van der Waals surface area (Å²) in [6.45, 7) is 3.65. The molecule has 2 fully saturated rings. The lowest BCUT2D eigenvalue weighted by atomic mass is 10.0. The first-order valence-corrected chi connectivity index (χ1v) is 6.16. The van der Waals surface area contributed by atoms with Gasteiger partial charge in [0.1, 0.15) is 5.54 Å². The number of carbonyl (C=O) groups is 3. The van der Waals surface area contributed by atoms with Crippen LogP contribution in [0.5, 0.6) is 0 Å². The van der Waals surface area contributed by atoms with Gasteiger partial charge in [0.15, 0.2) is 0 Å². The predicted octanol–water partition coefficient (Wildman–Crippen LogP) is -0.467. The van der Waals surface area contributed by atoms with E-state index in [1.54, 1.807) is 20.9 Å². The second kappa shape index (κ2) is 4.35. The highest BCUT2D eigenvalue weighted by Crippen LogP contribution is 2.47. The Kier molecular flexibility index (Phi) is 3.14. The SMILES string of the molecule is CCOC(=O)C(C)(CN1C(=O)C2CC2C1=O)NC. The molecular weight excluding hydrogens is 236 g/mol. The summed E-state index contributed by atoms with van der Waals surface area (Å²) in [6, 6.07) is 0. The third-order valence-corrected chi connectivity index (χ3v) is 3.71. The van der Waals surface area contributed by atoms with Gasteiger partial charge in [-0.05, 0) is 27.3 Å². The molecule has 0 bridgehead atoms. The zero-order chi connectivity index (χ0) is 13.5. The summed E-state index contributed by atoms with van der Waals surface area (Å²) >= 11 is 0. The van der Waals surface area contributed by atoms with Crippen LogP contribution in [0.3, 0.4) is 0 Å². The highest BCUT2D eigenvalue weighted by Gasteiger charge is 2.60. The highest BCUT2D eigenvalue weighted by atomic mass is 16.5. The second-order valence-corrected chi connectivity index (χ2v) is 5.01. The van der Waals surface area contributed by atoms with Gasteiger partial charge < -0.3 is 10.1 Å². The Hall–Kier alpha value is -1.43. The maximum atomic E-state index is 11.9. The molecule has 1 heterocycles. The molecule has 6 nitrogen and oxygen atoms in total. The minimum absolute atomic E-state index is 0.0347. The van der Waals surface area contributed by atoms with Gasteiger partial charge in [0.2, 0.25) is 11.8 Å². The van der Waals surface area contributed by atoms with Crippen LogP contribution < -0.4 is 5.32 Å². The predicted molar refractivity (Wildman–Crippen MR) is 62.4 cm³/mol. The first kappa shape index (κ1) is 13.0. The Morgan fingerprint density at radius 2 is 2.00 bits per heavy atom. The van der Waals surface area contributed by atoms with Crippen molar-refractivity contribution in [1.82, 2.24) is 10.2 Å². The Bertz CT molecular complexity index is 389. The Morgan fingerprint density at radius 1 is 1.44 bits per heavy atom. The molecule has 0 spiro atoms. The number of imide groups is 1. The van der Waals surface area contributed by atoms with E-state index in [4.69, 9.17) is 4.74 Å². The molecule has 3 unspecified atom stereocenters. The third kappa shape index (κ3) is 1.90. The van der Waals surface area contributed by atoms with Crippen molar-refractivity contribution in [2.24, 2.45) is 11.8 Å². The van der Waals surface area contributed by atoms with E-state index in [-0.39, 0.29) is 36.8 Å². The number of amides is 2. The lowest BCUT2D eigenvalue weighted by Gasteiger charge is -2.31. The zero-order valence-corrected chi connectivity index (χ0v) is 10.9. The molecule has 1 aliphatic carbocycles. The Balaban J connectivity index is 2.08. The highest BCUT2D eigenvalue weighted by molar-refractivity contribution is 6.09. The number of piperidine rings is 1. The van der Waals surface area contributed by atoms with Gasteiger partial charge in [-0.3, -0.25) is 14.5 Å². The Labute approximate surface area is 106 Å². The molecule has 3 atom stereocenters. The molecule has 0 aromatic carbocycles. The maximum Gasteiger partial charge on any atom is 0.327 e. The summed E-state index contributed by atoms with van der Waals surface area (Å²) in [6.07, 6.45) is 0.670. The van der Waals surface area contributed by atoms with Gasteiger partial charge in [-0.25, -0.2) is 4.79 Å². The standard InChI is InChI=1S/C12H18N2O4/c1-4-18-11(17)12(2,13-3)6-14-9(15)7-5-8(7)10(14)16/h7-8,13H,4-6H2,1-3H3. The van der Waals surface area contributed by atoms with Crippen molar-refractivity contribution in [3.8, 4) is 0 Å². The van der Waals surface area contributed by atoms with Crippen molar-refractivity contribution < 1.29 is 19.1 Å². The maximum absolute atomic E-state index is 11.9. The van der Waals surface area contributed by atoms with E-state index in [0.29, 0.717) is 6.42 Å². The summed E-state index contributed by atoms with van der Waals surface area (Å²) in [7, 11) is 1.61. The fourth-order valence-corrected chi connectivity index (χ4v) is 2.26. The lowest BCUT2D eigenvalue weighted by molar-refractivity contribution is -0.153. The molecule has 2 aliphatic rings. The zero-order valence-electron chi connectivity index (χ0n) is 10.9. The second-order valence-electron chi connectivity index (χ2n) is 5.01. The normalized spacial score (nSPS) is 28.9. The average Bonchev–Trinajstić information content (AvgIpc) is 3.10. The van der Waals surface area contributed by atoms with Crippen LogP contribution in [0, 0.1) is 11.8 Å². The number of nitrogens with one attached hydrogen (secondary N) is 1. The quantitative estimate of drug-likeness (QED) is 0.530. The molecule has 2 rings (SSSR count). The van der Waals surface area contributed by atoms with Crippen molar-refractivity contribution >= 4 is 17.8 Å². The molecule has 0 aromatic heterocycles. The smallest absolute Gasteiger partial charge is 0.327 e. The van der Waals surface area contributed by atoms with Crippen LogP contribution in [0.2, 0.25) is 0 Å². The minimum atomic E-state index is -1.04. The summed E-state index contributed by atoms with van der Waals surface area (Å²) in [5.74, 6) is -1.04. The Morgan fingerprint density at radius 3 is 2.44 bits per heavy atom. The van der Waals surface area contributed by atoms with Gasteiger partial charge in [0, 0.05) is 0 Å². The molecule has 1 saturated carbocycles. The van der Waals surface area contributed by atoms with E-state index < -0.39 is 11.5 Å². The molecule has 0 radical (unpaired) electrons. The topological polar surface area (TPSA) is 75.7 Å². The number of hydrogen-bond donors (Lipinski definition) is 1. The van der Waals surface area contributed by atoms with E-state index in [9.17, 15) is 14.4 Å². The number of carbonyl (C=O) groups excluding carboxylic acids is 3. The number of nitrogens with zero attached hydrogens (tertiary/aromatic N) is 1. The van der Waals surface area contributed by atoms with Crippen LogP contribution in [0.15, 0.2) is 0 Å². The first-order valence-electron chi connectivity index (χ1n) is 6.16. The number of likely N-dealkylation sites (tertiary alicyclic amines) is 1. The number of rotatable bonds is 5. The third-order valence-electron chi connectivity index (χ3n) is 3.71. The molecule has 100 valence electrons. The molecular formula is C12H18N2O4. The largest absolute Gasteiger partial charge is 0.465 e. The van der Waals surface area contributed by atoms with Gasteiger partial charge >= 0.3 is 5.97 Å². The van der Waals surface area contributed by atoms with E-state index in [0.717, 1.165) is 0 Å². The first-order chi connectivity index (χ1) is 8.44. The lowest BCUT2D eigenvalue weighted by Crippen LogP contribution is -2.57. The van der Waals surface area contributed by atoms with Gasteiger partial charge in [0.25, 0.3) is 0 Å². The van der Waals surface area contributed by atoms with E-state index >= 15 is 0 Å². The number of ether oxygens (including phenoxy) is 1. The van der Waals surface area contributed by atoms with Crippen molar-refractivity contribution in [1.29, 1.82) is 0 Å². The van der Waals surface area contributed by atoms with Gasteiger partial charge in [-0.15, -0.1) is 0 Å². The van der Waals surface area contributed by atoms with Crippen molar-refractivity contribution in [2.45, 2.75) is 25.8 Å². The fourth-order valence-electron chi connectivity index (χ4n) is 2.26. The molecule has 1 saturated heterocycles. The molecule has 0 aromatic rings. The van der Waals surface area contributed by atoms with Crippen LogP contribution in [0.1, 0.15) is 20.3 Å². The van der Waals surface area contributed by atoms with Crippen LogP contribution in [-0.2, 0) is 19.1 Å². The van der Waals surface area contributed by atoms with Gasteiger partial charge in [-0.1, -0.05) is 0 Å². The van der Waals surface area contributed by atoms with Crippen molar-refractivity contribution in [3.63, 3.8) is 0 Å². The average molecular weight is 254 g/mol. The van der Waals surface area contributed by atoms with Gasteiger partial charge in [0.05, 0.1) is 25.0 Å². The summed E-state index contributed by atoms with van der Waals surface area (Å²) in [4.78, 5) is 36.8. The van der Waals surface area contributed by atoms with Crippen LogP contribution in [0.4, 0.5) is 0 Å². The number of esters is 1. The molecule has 18 heavy (non-hydrogen) atoms. The summed E-state index contributed by atoms with van der Waals surface area (Å²) in [5.41, 5.74) is -1.04. The number of likely N-dealkylation sites (N-methyl/N-ethyl adjacent to an activating group) is 1. The van der Waals surface area contributed by atoms with E-state index in [2.05, 4.69) is 5.32 Å². The van der Waals surface area contributed by atoms with Crippen LogP contribution >= 0.6 is 0 Å². The van der Waals surface area contributed by atoms with Crippen LogP contribution in [-0.4, -0.2) is 48.4 Å². The monoisotopic (exact) mass is 254 g/mol.